The van der Waals surface area contributed by atoms with Crippen LogP contribution in [0.25, 0.3) is 0 Å². The van der Waals surface area contributed by atoms with Gasteiger partial charge in [-0.05, 0) is 26.0 Å². The zero-order chi connectivity index (χ0) is 14.6. The average molecular weight is 265 g/mol. The third-order valence-corrected chi connectivity index (χ3v) is 2.91. The summed E-state index contributed by atoms with van der Waals surface area (Å²) in [5.41, 5.74) is 1.65. The summed E-state index contributed by atoms with van der Waals surface area (Å²) in [5, 5.41) is 8.88. The Bertz CT molecular complexity index is 476. The molecule has 1 heterocycles. The summed E-state index contributed by atoms with van der Waals surface area (Å²) in [4.78, 5) is 29.8. The second-order valence-electron chi connectivity index (χ2n) is 4.53. The van der Waals surface area contributed by atoms with Crippen molar-refractivity contribution in [1.82, 2.24) is 14.8 Å². The van der Waals surface area contributed by atoms with Crippen LogP contribution in [-0.4, -0.2) is 52.0 Å². The van der Waals surface area contributed by atoms with E-state index < -0.39 is 12.0 Å². The van der Waals surface area contributed by atoms with Crippen LogP contribution in [0, 0.1) is 6.92 Å². The Kier molecular flexibility index (Phi) is 4.86. The van der Waals surface area contributed by atoms with Crippen LogP contribution in [-0.2, 0) is 11.3 Å². The number of carbonyl (C=O) groups is 2. The summed E-state index contributed by atoms with van der Waals surface area (Å²) in [6.07, 6.45) is 0. The molecule has 104 valence electrons. The molecule has 1 N–H and O–H groups in total. The van der Waals surface area contributed by atoms with Gasteiger partial charge >= 0.3 is 12.0 Å². The number of pyridine rings is 1. The molecular formula is C13H19N3O3. The lowest BCUT2D eigenvalue weighted by Gasteiger charge is -2.27. The number of likely N-dealkylation sites (N-methyl/N-ethyl adjacent to an activating group) is 1. The number of aliphatic carboxylic acids is 1. The Morgan fingerprint density at radius 3 is 2.53 bits per heavy atom. The molecule has 0 bridgehead atoms. The van der Waals surface area contributed by atoms with Gasteiger partial charge in [0.15, 0.2) is 0 Å². The molecule has 0 saturated carbocycles. The molecule has 1 aromatic heterocycles. The highest BCUT2D eigenvalue weighted by Crippen LogP contribution is 2.06. The predicted octanol–water partition coefficient (Wildman–Crippen LogP) is 1.35. The van der Waals surface area contributed by atoms with Gasteiger partial charge in [0.25, 0.3) is 0 Å². The summed E-state index contributed by atoms with van der Waals surface area (Å²) in [7, 11) is 3.10. The average Bonchev–Trinajstić information content (AvgIpc) is 2.35. The molecule has 6 nitrogen and oxygen atoms in total. The Balaban J connectivity index is 2.70. The monoisotopic (exact) mass is 265 g/mol. The van der Waals surface area contributed by atoms with Crippen molar-refractivity contribution in [2.75, 3.05) is 14.1 Å². The maximum atomic E-state index is 12.0. The molecule has 0 aliphatic carbocycles. The Morgan fingerprint density at radius 2 is 2.00 bits per heavy atom. The molecule has 0 fully saturated rings. The predicted molar refractivity (Wildman–Crippen MR) is 70.7 cm³/mol. The van der Waals surface area contributed by atoms with Crippen molar-refractivity contribution in [3.05, 3.63) is 29.6 Å². The molecule has 1 unspecified atom stereocenters. The first-order chi connectivity index (χ1) is 8.82. The SMILES string of the molecule is Cc1cccc(CN(C)C(=O)N(C)C(C)C(=O)O)n1. The smallest absolute Gasteiger partial charge is 0.326 e. The van der Waals surface area contributed by atoms with Gasteiger partial charge in [0.1, 0.15) is 6.04 Å². The summed E-state index contributed by atoms with van der Waals surface area (Å²) in [6, 6.07) is 4.37. The van der Waals surface area contributed by atoms with E-state index in [4.69, 9.17) is 5.11 Å². The van der Waals surface area contributed by atoms with E-state index in [1.165, 1.54) is 23.8 Å². The zero-order valence-corrected chi connectivity index (χ0v) is 11.6. The minimum Gasteiger partial charge on any atom is -0.480 e. The van der Waals surface area contributed by atoms with E-state index >= 15 is 0 Å². The molecule has 1 atom stereocenters. The number of carboxylic acids is 1. The van der Waals surface area contributed by atoms with E-state index in [0.29, 0.717) is 6.54 Å². The van der Waals surface area contributed by atoms with Crippen LogP contribution in [0.1, 0.15) is 18.3 Å². The molecule has 0 aliphatic rings. The Labute approximate surface area is 112 Å². The summed E-state index contributed by atoms with van der Waals surface area (Å²) >= 11 is 0. The second kappa shape index (κ2) is 6.17. The van der Waals surface area contributed by atoms with Crippen LogP contribution >= 0.6 is 0 Å². The summed E-state index contributed by atoms with van der Waals surface area (Å²) in [6.45, 7) is 3.69. The van der Waals surface area contributed by atoms with Crippen molar-refractivity contribution >= 4 is 12.0 Å². The first-order valence-electron chi connectivity index (χ1n) is 5.96. The number of hydrogen-bond acceptors (Lipinski definition) is 3. The van der Waals surface area contributed by atoms with Gasteiger partial charge in [0.2, 0.25) is 0 Å². The third kappa shape index (κ3) is 3.94. The van der Waals surface area contributed by atoms with E-state index in [-0.39, 0.29) is 6.03 Å². The van der Waals surface area contributed by atoms with E-state index in [9.17, 15) is 9.59 Å². The van der Waals surface area contributed by atoms with Crippen molar-refractivity contribution < 1.29 is 14.7 Å². The van der Waals surface area contributed by atoms with Gasteiger partial charge in [-0.25, -0.2) is 9.59 Å². The van der Waals surface area contributed by atoms with E-state index in [2.05, 4.69) is 4.98 Å². The molecule has 2 amide bonds. The molecule has 0 saturated heterocycles. The summed E-state index contributed by atoms with van der Waals surface area (Å²) < 4.78 is 0. The minimum absolute atomic E-state index is 0.344. The van der Waals surface area contributed by atoms with Gasteiger partial charge in [-0.15, -0.1) is 0 Å². The standard InChI is InChI=1S/C13H19N3O3/c1-9-6-5-7-11(14-9)8-15(3)13(19)16(4)10(2)12(17)18/h5-7,10H,8H2,1-4H3,(H,17,18). The third-order valence-electron chi connectivity index (χ3n) is 2.91. The molecule has 1 aromatic rings. The van der Waals surface area contributed by atoms with Crippen LogP contribution in [0.2, 0.25) is 0 Å². The molecule has 0 radical (unpaired) electrons. The second-order valence-corrected chi connectivity index (χ2v) is 4.53. The number of carboxylic acid groups (broad SMARTS) is 1. The van der Waals surface area contributed by atoms with Crippen molar-refractivity contribution in [3.8, 4) is 0 Å². The number of nitrogens with zero attached hydrogens (tertiary/aromatic N) is 3. The summed E-state index contributed by atoms with van der Waals surface area (Å²) in [5.74, 6) is -1.03. The van der Waals surface area contributed by atoms with Crippen LogP contribution in [0.5, 0.6) is 0 Å². The largest absolute Gasteiger partial charge is 0.480 e. The molecule has 1 rings (SSSR count). The quantitative estimate of drug-likeness (QED) is 0.891. The van der Waals surface area contributed by atoms with Gasteiger partial charge in [0, 0.05) is 19.8 Å². The van der Waals surface area contributed by atoms with Gasteiger partial charge in [-0.2, -0.15) is 0 Å². The highest BCUT2D eigenvalue weighted by atomic mass is 16.4. The molecule has 0 aromatic carbocycles. The van der Waals surface area contributed by atoms with Crippen molar-refractivity contribution in [3.63, 3.8) is 0 Å². The molecular weight excluding hydrogens is 246 g/mol. The first kappa shape index (κ1) is 14.9. The lowest BCUT2D eigenvalue weighted by molar-refractivity contribution is -0.141. The Morgan fingerprint density at radius 1 is 1.37 bits per heavy atom. The van der Waals surface area contributed by atoms with Crippen LogP contribution < -0.4 is 0 Å². The molecule has 0 spiro atoms. The van der Waals surface area contributed by atoms with Crippen LogP contribution in [0.4, 0.5) is 4.79 Å². The van der Waals surface area contributed by atoms with Crippen molar-refractivity contribution in [2.45, 2.75) is 26.4 Å². The number of rotatable bonds is 4. The fourth-order valence-corrected chi connectivity index (χ4v) is 1.60. The number of hydrogen-bond donors (Lipinski definition) is 1. The fourth-order valence-electron chi connectivity index (χ4n) is 1.60. The minimum atomic E-state index is -1.03. The maximum Gasteiger partial charge on any atom is 0.326 e. The maximum absolute atomic E-state index is 12.0. The number of aromatic nitrogens is 1. The van der Waals surface area contributed by atoms with Crippen LogP contribution in [0.3, 0.4) is 0 Å². The van der Waals surface area contributed by atoms with Crippen molar-refractivity contribution in [2.24, 2.45) is 0 Å². The van der Waals surface area contributed by atoms with E-state index in [1.54, 1.807) is 7.05 Å². The number of carbonyl (C=O) groups excluding carboxylic acids is 1. The normalized spacial score (nSPS) is 11.8. The first-order valence-corrected chi connectivity index (χ1v) is 5.96. The van der Waals surface area contributed by atoms with Gasteiger partial charge in [0.05, 0.1) is 12.2 Å². The van der Waals surface area contributed by atoms with Crippen molar-refractivity contribution in [1.29, 1.82) is 0 Å². The van der Waals surface area contributed by atoms with Gasteiger partial charge in [-0.3, -0.25) is 4.98 Å². The van der Waals surface area contributed by atoms with Gasteiger partial charge < -0.3 is 14.9 Å². The molecule has 19 heavy (non-hydrogen) atoms. The Hall–Kier alpha value is -2.11. The highest BCUT2D eigenvalue weighted by molar-refractivity contribution is 5.82. The number of amides is 2. The van der Waals surface area contributed by atoms with Gasteiger partial charge in [-0.1, -0.05) is 6.07 Å². The zero-order valence-electron chi connectivity index (χ0n) is 11.6. The highest BCUT2D eigenvalue weighted by Gasteiger charge is 2.24. The lowest BCUT2D eigenvalue weighted by Crippen LogP contribution is -2.46. The number of urea groups is 1. The molecule has 0 aliphatic heterocycles. The van der Waals surface area contributed by atoms with E-state index in [1.807, 2.05) is 25.1 Å². The number of aryl methyl sites for hydroxylation is 1. The lowest BCUT2D eigenvalue weighted by atomic mass is 10.3. The van der Waals surface area contributed by atoms with E-state index in [0.717, 1.165) is 11.4 Å². The fraction of sp³-hybridized carbons (Fsp3) is 0.462. The van der Waals surface area contributed by atoms with Crippen LogP contribution in [0.15, 0.2) is 18.2 Å². The molecule has 6 heteroatoms. The topological polar surface area (TPSA) is 73.7 Å².